The van der Waals surface area contributed by atoms with Gasteiger partial charge in [0.25, 0.3) is 5.91 Å². The summed E-state index contributed by atoms with van der Waals surface area (Å²) in [5.41, 5.74) is 0.866. The van der Waals surface area contributed by atoms with Crippen molar-refractivity contribution >= 4 is 33.1 Å². The monoisotopic (exact) mass is 459 g/mol. The van der Waals surface area contributed by atoms with Crippen LogP contribution in [0.25, 0.3) is 21.5 Å². The van der Waals surface area contributed by atoms with Crippen molar-refractivity contribution in [3.63, 3.8) is 0 Å². The van der Waals surface area contributed by atoms with Crippen LogP contribution in [-0.2, 0) is 0 Å². The molecule has 4 heterocycles. The highest BCUT2D eigenvalue weighted by Crippen LogP contribution is 2.34. The Morgan fingerprint density at radius 2 is 1.85 bits per heavy atom. The average Bonchev–Trinajstić information content (AvgIpc) is 3.64. The van der Waals surface area contributed by atoms with E-state index < -0.39 is 0 Å². The molecule has 1 saturated carbocycles. The number of anilines is 1. The van der Waals surface area contributed by atoms with Gasteiger partial charge in [-0.05, 0) is 42.5 Å². The van der Waals surface area contributed by atoms with Gasteiger partial charge in [-0.25, -0.2) is 4.98 Å². The molecule has 8 heteroatoms. The van der Waals surface area contributed by atoms with E-state index in [0.29, 0.717) is 24.8 Å². The first kappa shape index (κ1) is 20.4. The molecule has 0 atom stereocenters. The molecular formula is C25H25N5O2S. The zero-order chi connectivity index (χ0) is 22.2. The van der Waals surface area contributed by atoms with Crippen LogP contribution in [0, 0.1) is 0 Å². The lowest BCUT2D eigenvalue weighted by Crippen LogP contribution is -2.48. The quantitative estimate of drug-likeness (QED) is 0.429. The maximum Gasteiger partial charge on any atom is 0.264 e. The molecule has 1 aromatic carbocycles. The van der Waals surface area contributed by atoms with Gasteiger partial charge in [0, 0.05) is 48.6 Å². The largest absolute Gasteiger partial charge is 0.353 e. The number of thiophene rings is 1. The number of hydrogen-bond acceptors (Lipinski definition) is 7. The smallest absolute Gasteiger partial charge is 0.264 e. The first-order valence-corrected chi connectivity index (χ1v) is 12.4. The van der Waals surface area contributed by atoms with E-state index in [9.17, 15) is 4.79 Å². The number of nitrogens with zero attached hydrogens (tertiary/aromatic N) is 5. The molecule has 1 aliphatic carbocycles. The normalized spacial score (nSPS) is 17.2. The van der Waals surface area contributed by atoms with Crippen LogP contribution < -0.4 is 4.90 Å². The van der Waals surface area contributed by atoms with E-state index >= 15 is 0 Å². The summed E-state index contributed by atoms with van der Waals surface area (Å²) in [6.45, 7) is 2.90. The number of carbonyl (C=O) groups is 1. The maximum absolute atomic E-state index is 13.0. The number of pyridine rings is 1. The fraction of sp³-hybridized carbons (Fsp3) is 0.360. The number of piperazine rings is 1. The summed E-state index contributed by atoms with van der Waals surface area (Å²) in [6, 6.07) is 14.1. The summed E-state index contributed by atoms with van der Waals surface area (Å²) in [7, 11) is 0. The van der Waals surface area contributed by atoms with Gasteiger partial charge in [0.2, 0.25) is 11.7 Å². The van der Waals surface area contributed by atoms with Gasteiger partial charge < -0.3 is 14.3 Å². The van der Waals surface area contributed by atoms with E-state index in [-0.39, 0.29) is 5.91 Å². The Hall–Kier alpha value is -3.26. The van der Waals surface area contributed by atoms with Crippen LogP contribution in [-0.4, -0.2) is 52.1 Å². The van der Waals surface area contributed by atoms with Gasteiger partial charge in [0.05, 0.1) is 4.88 Å². The van der Waals surface area contributed by atoms with Crippen LogP contribution in [0.4, 0.5) is 5.82 Å². The topological polar surface area (TPSA) is 75.4 Å². The fourth-order valence-electron chi connectivity index (χ4n) is 4.78. The minimum absolute atomic E-state index is 0.120. The molecule has 6 rings (SSSR count). The van der Waals surface area contributed by atoms with E-state index in [1.54, 1.807) is 11.3 Å². The lowest BCUT2D eigenvalue weighted by molar-refractivity contribution is 0.0751. The highest BCUT2D eigenvalue weighted by molar-refractivity contribution is 7.20. The van der Waals surface area contributed by atoms with E-state index in [1.165, 1.54) is 12.8 Å². The number of hydrogen-bond donors (Lipinski definition) is 0. The molecule has 2 aliphatic rings. The second kappa shape index (κ2) is 8.59. The van der Waals surface area contributed by atoms with E-state index in [0.717, 1.165) is 58.2 Å². The number of amides is 1. The third-order valence-electron chi connectivity index (χ3n) is 6.68. The van der Waals surface area contributed by atoms with Crippen molar-refractivity contribution in [1.29, 1.82) is 0 Å². The van der Waals surface area contributed by atoms with Gasteiger partial charge in [-0.3, -0.25) is 4.79 Å². The lowest BCUT2D eigenvalue weighted by Gasteiger charge is -2.35. The fourth-order valence-corrected chi connectivity index (χ4v) is 5.81. The SMILES string of the molecule is O=C(c1cc2ccccc2s1)N1CCN(c2ccc(-c3noc(C4CCCC4)n3)cn2)CC1. The Kier molecular flexibility index (Phi) is 5.30. The van der Waals surface area contributed by atoms with Gasteiger partial charge in [-0.2, -0.15) is 4.98 Å². The second-order valence-electron chi connectivity index (χ2n) is 8.77. The van der Waals surface area contributed by atoms with Crippen molar-refractivity contribution in [2.24, 2.45) is 0 Å². The van der Waals surface area contributed by atoms with Crippen molar-refractivity contribution < 1.29 is 9.32 Å². The van der Waals surface area contributed by atoms with Crippen LogP contribution in [0.15, 0.2) is 53.2 Å². The van der Waals surface area contributed by atoms with Gasteiger partial charge in [-0.15, -0.1) is 11.3 Å². The standard InChI is InChI=1S/C25H25N5O2S/c31-25(21-15-18-7-3-4-8-20(18)33-21)30-13-11-29(12-14-30)22-10-9-19(16-26-22)23-27-24(32-28-23)17-5-1-2-6-17/h3-4,7-10,15-17H,1-2,5-6,11-14H2. The Bertz CT molecular complexity index is 1230. The van der Waals surface area contributed by atoms with Gasteiger partial charge in [0.15, 0.2) is 0 Å². The first-order chi connectivity index (χ1) is 16.2. The number of aromatic nitrogens is 3. The molecule has 0 N–H and O–H groups in total. The molecule has 2 fully saturated rings. The maximum atomic E-state index is 13.0. The Labute approximate surface area is 196 Å². The minimum Gasteiger partial charge on any atom is -0.353 e. The van der Waals surface area contributed by atoms with Gasteiger partial charge in [0.1, 0.15) is 5.82 Å². The second-order valence-corrected chi connectivity index (χ2v) is 9.85. The summed E-state index contributed by atoms with van der Waals surface area (Å²) >= 11 is 1.57. The zero-order valence-corrected chi connectivity index (χ0v) is 19.1. The third-order valence-corrected chi connectivity index (χ3v) is 7.78. The highest BCUT2D eigenvalue weighted by Gasteiger charge is 2.25. The molecule has 7 nitrogen and oxygen atoms in total. The molecule has 168 valence electrons. The number of carbonyl (C=O) groups excluding carboxylic acids is 1. The van der Waals surface area contributed by atoms with Gasteiger partial charge in [-0.1, -0.05) is 36.2 Å². The summed E-state index contributed by atoms with van der Waals surface area (Å²) in [5, 5.41) is 5.29. The zero-order valence-electron chi connectivity index (χ0n) is 18.3. The van der Waals surface area contributed by atoms with Crippen molar-refractivity contribution in [1.82, 2.24) is 20.0 Å². The molecule has 0 bridgehead atoms. The number of rotatable bonds is 4. The average molecular weight is 460 g/mol. The van der Waals surface area contributed by atoms with Crippen molar-refractivity contribution in [2.75, 3.05) is 31.1 Å². The Morgan fingerprint density at radius 1 is 1.03 bits per heavy atom. The summed E-state index contributed by atoms with van der Waals surface area (Å²) in [4.78, 5) is 27.2. The summed E-state index contributed by atoms with van der Waals surface area (Å²) in [6.07, 6.45) is 6.56. The molecule has 0 radical (unpaired) electrons. The van der Waals surface area contributed by atoms with E-state index in [4.69, 9.17) is 4.52 Å². The number of fused-ring (bicyclic) bond motifs is 1. The molecule has 0 spiro atoms. The number of benzene rings is 1. The van der Waals surface area contributed by atoms with Crippen LogP contribution in [0.5, 0.6) is 0 Å². The predicted molar refractivity (Wildman–Crippen MR) is 129 cm³/mol. The van der Waals surface area contributed by atoms with Crippen LogP contribution in [0.3, 0.4) is 0 Å². The van der Waals surface area contributed by atoms with Crippen molar-refractivity contribution in [2.45, 2.75) is 31.6 Å². The van der Waals surface area contributed by atoms with E-state index in [2.05, 4.69) is 32.2 Å². The molecular weight excluding hydrogens is 434 g/mol. The first-order valence-electron chi connectivity index (χ1n) is 11.6. The van der Waals surface area contributed by atoms with Crippen LogP contribution in [0.1, 0.15) is 47.2 Å². The molecule has 3 aromatic heterocycles. The molecule has 1 aliphatic heterocycles. The van der Waals surface area contributed by atoms with Crippen molar-refractivity contribution in [3.8, 4) is 11.4 Å². The van der Waals surface area contributed by atoms with Crippen LogP contribution in [0.2, 0.25) is 0 Å². The lowest BCUT2D eigenvalue weighted by atomic mass is 10.1. The van der Waals surface area contributed by atoms with E-state index in [1.807, 2.05) is 41.4 Å². The summed E-state index contributed by atoms with van der Waals surface area (Å²) in [5.74, 6) is 2.80. The van der Waals surface area contributed by atoms with Crippen molar-refractivity contribution in [3.05, 3.63) is 59.4 Å². The highest BCUT2D eigenvalue weighted by atomic mass is 32.1. The Morgan fingerprint density at radius 3 is 2.61 bits per heavy atom. The molecule has 33 heavy (non-hydrogen) atoms. The van der Waals surface area contributed by atoms with Gasteiger partial charge >= 0.3 is 0 Å². The minimum atomic E-state index is 0.120. The molecule has 1 saturated heterocycles. The van der Waals surface area contributed by atoms with Crippen LogP contribution >= 0.6 is 11.3 Å². The third kappa shape index (κ3) is 3.99. The Balaban J connectivity index is 1.09. The summed E-state index contributed by atoms with van der Waals surface area (Å²) < 4.78 is 6.66. The molecule has 1 amide bonds. The molecule has 4 aromatic rings. The predicted octanol–water partition coefficient (Wildman–Crippen LogP) is 4.97. The molecule has 0 unspecified atom stereocenters.